The number of hydrogen-bond acceptors (Lipinski definition) is 5. The monoisotopic (exact) mass is 351 g/mol. The SMILES string of the molecule is CCNC(=NCCc1sc(C)nc1C)N(C)Cc1csc(C)n1. The lowest BCUT2D eigenvalue weighted by molar-refractivity contribution is 0.471. The molecule has 0 unspecified atom stereocenters. The highest BCUT2D eigenvalue weighted by Gasteiger charge is 2.09. The van der Waals surface area contributed by atoms with Crippen molar-refractivity contribution < 1.29 is 0 Å². The Balaban J connectivity index is 1.97. The predicted molar refractivity (Wildman–Crippen MR) is 99.6 cm³/mol. The molecular formula is C16H25N5S2. The number of guanidine groups is 1. The highest BCUT2D eigenvalue weighted by atomic mass is 32.1. The second kappa shape index (κ2) is 8.40. The Labute approximate surface area is 146 Å². The van der Waals surface area contributed by atoms with Gasteiger partial charge in [0.05, 0.1) is 27.9 Å². The Morgan fingerprint density at radius 2 is 2.04 bits per heavy atom. The van der Waals surface area contributed by atoms with E-state index in [4.69, 9.17) is 4.99 Å². The molecule has 0 fully saturated rings. The molecule has 0 aliphatic heterocycles. The third kappa shape index (κ3) is 5.28. The Kier molecular flexibility index (Phi) is 6.53. The first kappa shape index (κ1) is 17.9. The molecule has 0 amide bonds. The van der Waals surface area contributed by atoms with Crippen LogP contribution in [-0.2, 0) is 13.0 Å². The highest BCUT2D eigenvalue weighted by Crippen LogP contribution is 2.17. The lowest BCUT2D eigenvalue weighted by Gasteiger charge is -2.21. The fourth-order valence-electron chi connectivity index (χ4n) is 2.34. The Bertz CT molecular complexity index is 659. The molecule has 2 rings (SSSR count). The minimum absolute atomic E-state index is 0.769. The molecule has 0 aromatic carbocycles. The van der Waals surface area contributed by atoms with Gasteiger partial charge in [-0.3, -0.25) is 4.99 Å². The summed E-state index contributed by atoms with van der Waals surface area (Å²) < 4.78 is 0. The molecule has 0 aliphatic rings. The van der Waals surface area contributed by atoms with Crippen molar-refractivity contribution >= 4 is 28.6 Å². The van der Waals surface area contributed by atoms with Gasteiger partial charge < -0.3 is 10.2 Å². The van der Waals surface area contributed by atoms with Crippen molar-refractivity contribution in [3.05, 3.63) is 31.7 Å². The first-order chi connectivity index (χ1) is 11.0. The zero-order valence-corrected chi connectivity index (χ0v) is 16.1. The minimum Gasteiger partial charge on any atom is -0.357 e. The molecule has 0 radical (unpaired) electrons. The molecule has 0 saturated heterocycles. The molecule has 2 heterocycles. The fourth-order valence-corrected chi connectivity index (χ4v) is 3.87. The zero-order valence-electron chi connectivity index (χ0n) is 14.5. The van der Waals surface area contributed by atoms with Gasteiger partial charge in [0.25, 0.3) is 0 Å². The van der Waals surface area contributed by atoms with Crippen molar-refractivity contribution in [2.24, 2.45) is 4.99 Å². The maximum Gasteiger partial charge on any atom is 0.194 e. The molecule has 0 atom stereocenters. The van der Waals surface area contributed by atoms with E-state index in [0.717, 1.165) is 53.4 Å². The molecule has 2 aromatic rings. The normalized spacial score (nSPS) is 11.8. The number of nitrogens with zero attached hydrogens (tertiary/aromatic N) is 4. The van der Waals surface area contributed by atoms with Crippen LogP contribution in [0.15, 0.2) is 10.4 Å². The number of rotatable bonds is 6. The van der Waals surface area contributed by atoms with E-state index in [1.54, 1.807) is 22.7 Å². The molecule has 2 aromatic heterocycles. The highest BCUT2D eigenvalue weighted by molar-refractivity contribution is 7.11. The second-order valence-corrected chi connectivity index (χ2v) is 7.79. The summed E-state index contributed by atoms with van der Waals surface area (Å²) in [6.45, 7) is 10.7. The molecule has 23 heavy (non-hydrogen) atoms. The van der Waals surface area contributed by atoms with Crippen molar-refractivity contribution in [1.29, 1.82) is 0 Å². The molecule has 7 heteroatoms. The summed E-state index contributed by atoms with van der Waals surface area (Å²) in [5.74, 6) is 0.928. The van der Waals surface area contributed by atoms with Crippen molar-refractivity contribution in [3.63, 3.8) is 0 Å². The van der Waals surface area contributed by atoms with Gasteiger partial charge in [0.1, 0.15) is 0 Å². The number of aryl methyl sites for hydroxylation is 3. The van der Waals surface area contributed by atoms with Crippen LogP contribution < -0.4 is 5.32 Å². The van der Waals surface area contributed by atoms with Gasteiger partial charge in [0.15, 0.2) is 5.96 Å². The van der Waals surface area contributed by atoms with Crippen molar-refractivity contribution in [3.8, 4) is 0 Å². The van der Waals surface area contributed by atoms with Crippen LogP contribution in [0.1, 0.15) is 33.2 Å². The minimum atomic E-state index is 0.769. The summed E-state index contributed by atoms with van der Waals surface area (Å²) in [6.07, 6.45) is 0.940. The van der Waals surface area contributed by atoms with Crippen LogP contribution in [0.2, 0.25) is 0 Å². The van der Waals surface area contributed by atoms with Crippen LogP contribution >= 0.6 is 22.7 Å². The summed E-state index contributed by atoms with van der Waals surface area (Å²) in [7, 11) is 2.05. The molecule has 0 saturated carbocycles. The van der Waals surface area contributed by atoms with E-state index in [1.165, 1.54) is 4.88 Å². The van der Waals surface area contributed by atoms with Crippen molar-refractivity contribution in [2.45, 2.75) is 40.7 Å². The fraction of sp³-hybridized carbons (Fsp3) is 0.562. The number of hydrogen-bond donors (Lipinski definition) is 1. The van der Waals surface area contributed by atoms with E-state index >= 15 is 0 Å². The predicted octanol–water partition coefficient (Wildman–Crippen LogP) is 3.16. The molecule has 0 spiro atoms. The van der Waals surface area contributed by atoms with Crippen LogP contribution in [0.5, 0.6) is 0 Å². The Morgan fingerprint density at radius 3 is 2.61 bits per heavy atom. The Morgan fingerprint density at radius 1 is 1.26 bits per heavy atom. The molecular weight excluding hydrogens is 326 g/mol. The summed E-state index contributed by atoms with van der Waals surface area (Å²) in [6, 6.07) is 0. The smallest absolute Gasteiger partial charge is 0.194 e. The largest absolute Gasteiger partial charge is 0.357 e. The maximum absolute atomic E-state index is 4.75. The first-order valence-corrected chi connectivity index (χ1v) is 9.52. The number of nitrogens with one attached hydrogen (secondary N) is 1. The van der Waals surface area contributed by atoms with E-state index in [0.29, 0.717) is 0 Å². The van der Waals surface area contributed by atoms with Crippen molar-refractivity contribution in [1.82, 2.24) is 20.2 Å². The average Bonchev–Trinajstić information content (AvgIpc) is 3.03. The maximum atomic E-state index is 4.75. The third-order valence-corrected chi connectivity index (χ3v) is 5.32. The summed E-state index contributed by atoms with van der Waals surface area (Å²) in [5.41, 5.74) is 2.23. The van der Waals surface area contributed by atoms with Gasteiger partial charge in [-0.05, 0) is 27.7 Å². The molecule has 0 bridgehead atoms. The Hall–Kier alpha value is -1.47. The van der Waals surface area contributed by atoms with E-state index in [2.05, 4.69) is 53.4 Å². The molecule has 0 aliphatic carbocycles. The van der Waals surface area contributed by atoms with Gasteiger partial charge in [-0.2, -0.15) is 0 Å². The lowest BCUT2D eigenvalue weighted by Crippen LogP contribution is -2.38. The summed E-state index contributed by atoms with van der Waals surface area (Å²) in [4.78, 5) is 17.2. The van der Waals surface area contributed by atoms with Gasteiger partial charge in [-0.1, -0.05) is 0 Å². The van der Waals surface area contributed by atoms with Crippen LogP contribution in [0, 0.1) is 20.8 Å². The van der Waals surface area contributed by atoms with E-state index in [-0.39, 0.29) is 0 Å². The van der Waals surface area contributed by atoms with E-state index in [9.17, 15) is 0 Å². The molecule has 1 N–H and O–H groups in total. The van der Waals surface area contributed by atoms with Crippen LogP contribution in [0.25, 0.3) is 0 Å². The van der Waals surface area contributed by atoms with Gasteiger partial charge in [-0.15, -0.1) is 22.7 Å². The topological polar surface area (TPSA) is 53.4 Å². The number of aliphatic imine (C=N–C) groups is 1. The zero-order chi connectivity index (χ0) is 16.8. The van der Waals surface area contributed by atoms with Gasteiger partial charge in [0, 0.05) is 36.8 Å². The average molecular weight is 352 g/mol. The number of thiazole rings is 2. The third-order valence-electron chi connectivity index (χ3n) is 3.36. The second-order valence-electron chi connectivity index (χ2n) is 5.44. The van der Waals surface area contributed by atoms with Crippen LogP contribution in [0.4, 0.5) is 0 Å². The van der Waals surface area contributed by atoms with Gasteiger partial charge in [0.2, 0.25) is 0 Å². The molecule has 126 valence electrons. The first-order valence-electron chi connectivity index (χ1n) is 7.83. The van der Waals surface area contributed by atoms with E-state index in [1.807, 2.05) is 6.92 Å². The van der Waals surface area contributed by atoms with Crippen LogP contribution in [0.3, 0.4) is 0 Å². The molecule has 5 nitrogen and oxygen atoms in total. The van der Waals surface area contributed by atoms with Gasteiger partial charge in [-0.25, -0.2) is 9.97 Å². The van der Waals surface area contributed by atoms with Crippen molar-refractivity contribution in [2.75, 3.05) is 20.1 Å². The van der Waals surface area contributed by atoms with E-state index < -0.39 is 0 Å². The summed E-state index contributed by atoms with van der Waals surface area (Å²) in [5, 5.41) is 7.70. The summed E-state index contributed by atoms with van der Waals surface area (Å²) >= 11 is 3.46. The number of aromatic nitrogens is 2. The van der Waals surface area contributed by atoms with Gasteiger partial charge >= 0.3 is 0 Å². The lowest BCUT2D eigenvalue weighted by atomic mass is 10.3. The standard InChI is InChI=1S/C16H25N5S2/c1-6-17-16(21(5)9-14-10-22-12(3)20-14)18-8-7-15-11(2)19-13(4)23-15/h10H,6-9H2,1-5H3,(H,17,18). The quantitative estimate of drug-likeness (QED) is 0.641. The van der Waals surface area contributed by atoms with Crippen LogP contribution in [-0.4, -0.2) is 41.0 Å².